The first-order chi connectivity index (χ1) is 8.65. The van der Waals surface area contributed by atoms with Crippen LogP contribution in [0.15, 0.2) is 6.20 Å². The Morgan fingerprint density at radius 3 is 2.83 bits per heavy atom. The molecule has 0 aromatic carbocycles. The molecule has 1 saturated carbocycles. The molecular weight excluding hydrogens is 224 g/mol. The van der Waals surface area contributed by atoms with Crippen molar-refractivity contribution in [3.05, 3.63) is 17.5 Å². The molecule has 2 N–H and O–H groups in total. The van der Waals surface area contributed by atoms with E-state index in [2.05, 4.69) is 30.0 Å². The Kier molecular flexibility index (Phi) is 4.40. The van der Waals surface area contributed by atoms with Crippen molar-refractivity contribution in [1.29, 1.82) is 0 Å². The van der Waals surface area contributed by atoms with Gasteiger partial charge in [0.1, 0.15) is 0 Å². The summed E-state index contributed by atoms with van der Waals surface area (Å²) in [7, 11) is 1.99. The van der Waals surface area contributed by atoms with Crippen LogP contribution in [0, 0.1) is 12.8 Å². The Morgan fingerprint density at radius 2 is 2.28 bits per heavy atom. The summed E-state index contributed by atoms with van der Waals surface area (Å²) >= 11 is 0. The van der Waals surface area contributed by atoms with Crippen molar-refractivity contribution in [2.24, 2.45) is 18.7 Å². The predicted molar refractivity (Wildman–Crippen MR) is 74.2 cm³/mol. The van der Waals surface area contributed by atoms with Gasteiger partial charge in [0.25, 0.3) is 0 Å². The van der Waals surface area contributed by atoms with Crippen LogP contribution in [0.25, 0.3) is 0 Å². The minimum atomic E-state index is 0.666. The maximum absolute atomic E-state index is 5.90. The molecular formula is C14H26N4. The van der Waals surface area contributed by atoms with Crippen LogP contribution in [0.4, 0.5) is 0 Å². The Morgan fingerprint density at radius 1 is 1.50 bits per heavy atom. The van der Waals surface area contributed by atoms with E-state index < -0.39 is 0 Å². The lowest BCUT2D eigenvalue weighted by molar-refractivity contribution is 0.162. The average Bonchev–Trinajstić information content (AvgIpc) is 2.92. The molecule has 0 amide bonds. The Hall–Kier alpha value is -0.870. The first kappa shape index (κ1) is 13.6. The number of hydrogen-bond donors (Lipinski definition) is 1. The van der Waals surface area contributed by atoms with Crippen molar-refractivity contribution in [3.8, 4) is 0 Å². The number of aryl methyl sites for hydroxylation is 2. The van der Waals surface area contributed by atoms with Crippen LogP contribution < -0.4 is 5.73 Å². The number of rotatable bonds is 5. The molecule has 1 aromatic heterocycles. The molecule has 1 fully saturated rings. The number of nitrogens with two attached hydrogens (primary N) is 1. The van der Waals surface area contributed by atoms with Gasteiger partial charge in [-0.05, 0) is 38.8 Å². The highest BCUT2D eigenvalue weighted by Gasteiger charge is 2.30. The molecule has 1 aliphatic rings. The predicted octanol–water partition coefficient (Wildman–Crippen LogP) is 1.68. The highest BCUT2D eigenvalue weighted by atomic mass is 15.3. The van der Waals surface area contributed by atoms with Crippen molar-refractivity contribution < 1.29 is 0 Å². The quantitative estimate of drug-likeness (QED) is 0.865. The molecule has 102 valence electrons. The van der Waals surface area contributed by atoms with Crippen LogP contribution >= 0.6 is 0 Å². The number of hydrogen-bond acceptors (Lipinski definition) is 3. The van der Waals surface area contributed by atoms with Gasteiger partial charge >= 0.3 is 0 Å². The van der Waals surface area contributed by atoms with Gasteiger partial charge in [0, 0.05) is 31.4 Å². The molecule has 18 heavy (non-hydrogen) atoms. The summed E-state index contributed by atoms with van der Waals surface area (Å²) in [5.41, 5.74) is 8.40. The van der Waals surface area contributed by atoms with Gasteiger partial charge in [-0.15, -0.1) is 0 Å². The van der Waals surface area contributed by atoms with Gasteiger partial charge in [-0.1, -0.05) is 13.3 Å². The zero-order chi connectivity index (χ0) is 13.1. The zero-order valence-corrected chi connectivity index (χ0v) is 11.9. The van der Waals surface area contributed by atoms with E-state index in [1.807, 2.05) is 11.7 Å². The molecule has 2 atom stereocenters. The fourth-order valence-corrected chi connectivity index (χ4v) is 3.26. The van der Waals surface area contributed by atoms with E-state index in [9.17, 15) is 0 Å². The molecule has 4 heteroatoms. The van der Waals surface area contributed by atoms with Crippen molar-refractivity contribution in [1.82, 2.24) is 14.7 Å². The standard InChI is InChI=1S/C14H26N4/c1-4-18(14-7-5-6-12(14)8-15)10-13-9-17(3)16-11(13)2/h9,12,14H,4-8,10,15H2,1-3H3. The number of nitrogens with zero attached hydrogens (tertiary/aromatic N) is 3. The van der Waals surface area contributed by atoms with E-state index in [1.54, 1.807) is 0 Å². The minimum absolute atomic E-state index is 0.666. The molecule has 2 unspecified atom stereocenters. The van der Waals surface area contributed by atoms with Crippen LogP contribution in [-0.4, -0.2) is 33.8 Å². The summed E-state index contributed by atoms with van der Waals surface area (Å²) in [4.78, 5) is 2.58. The van der Waals surface area contributed by atoms with E-state index in [1.165, 1.54) is 24.8 Å². The molecule has 0 aliphatic heterocycles. The van der Waals surface area contributed by atoms with E-state index in [-0.39, 0.29) is 0 Å². The molecule has 1 heterocycles. The lowest BCUT2D eigenvalue weighted by Crippen LogP contribution is -2.39. The molecule has 0 radical (unpaired) electrons. The van der Waals surface area contributed by atoms with E-state index in [4.69, 9.17) is 5.73 Å². The molecule has 4 nitrogen and oxygen atoms in total. The SMILES string of the molecule is CCN(Cc1cn(C)nc1C)C1CCCC1CN. The lowest BCUT2D eigenvalue weighted by Gasteiger charge is -2.31. The van der Waals surface area contributed by atoms with Crippen molar-refractivity contribution in [2.45, 2.75) is 45.7 Å². The second-order valence-corrected chi connectivity index (χ2v) is 5.47. The van der Waals surface area contributed by atoms with E-state index in [0.29, 0.717) is 12.0 Å². The Labute approximate surface area is 110 Å². The monoisotopic (exact) mass is 250 g/mol. The van der Waals surface area contributed by atoms with Gasteiger partial charge in [-0.2, -0.15) is 5.10 Å². The van der Waals surface area contributed by atoms with Crippen molar-refractivity contribution in [3.63, 3.8) is 0 Å². The highest BCUT2D eigenvalue weighted by molar-refractivity contribution is 5.15. The second kappa shape index (κ2) is 5.85. The normalized spacial score (nSPS) is 24.1. The number of aromatic nitrogens is 2. The Balaban J connectivity index is 2.07. The van der Waals surface area contributed by atoms with Crippen LogP contribution in [0.2, 0.25) is 0 Å². The summed E-state index contributed by atoms with van der Waals surface area (Å²) in [5, 5.41) is 4.43. The summed E-state index contributed by atoms with van der Waals surface area (Å²) in [5.74, 6) is 0.682. The van der Waals surface area contributed by atoms with Gasteiger partial charge < -0.3 is 5.73 Å². The third-order valence-corrected chi connectivity index (χ3v) is 4.29. The van der Waals surface area contributed by atoms with Crippen LogP contribution in [0.1, 0.15) is 37.4 Å². The maximum Gasteiger partial charge on any atom is 0.0638 e. The van der Waals surface area contributed by atoms with Crippen LogP contribution in [0.5, 0.6) is 0 Å². The molecule has 0 spiro atoms. The largest absolute Gasteiger partial charge is 0.330 e. The third kappa shape index (κ3) is 2.75. The fraction of sp³-hybridized carbons (Fsp3) is 0.786. The first-order valence-electron chi connectivity index (χ1n) is 7.09. The molecule has 1 aromatic rings. The molecule has 2 rings (SSSR count). The van der Waals surface area contributed by atoms with Gasteiger partial charge in [-0.25, -0.2) is 0 Å². The first-order valence-corrected chi connectivity index (χ1v) is 7.09. The summed E-state index contributed by atoms with van der Waals surface area (Å²) < 4.78 is 1.91. The topological polar surface area (TPSA) is 47.1 Å². The van der Waals surface area contributed by atoms with Crippen molar-refractivity contribution in [2.75, 3.05) is 13.1 Å². The van der Waals surface area contributed by atoms with Crippen molar-refractivity contribution >= 4 is 0 Å². The minimum Gasteiger partial charge on any atom is -0.330 e. The second-order valence-electron chi connectivity index (χ2n) is 5.47. The Bertz CT molecular complexity index is 385. The van der Waals surface area contributed by atoms with E-state index >= 15 is 0 Å². The van der Waals surface area contributed by atoms with Gasteiger partial charge in [0.15, 0.2) is 0 Å². The summed E-state index contributed by atoms with van der Waals surface area (Å²) in [6, 6.07) is 0.666. The third-order valence-electron chi connectivity index (χ3n) is 4.29. The zero-order valence-electron chi connectivity index (χ0n) is 11.9. The molecule has 0 saturated heterocycles. The fourth-order valence-electron chi connectivity index (χ4n) is 3.26. The van der Waals surface area contributed by atoms with Crippen LogP contribution in [0.3, 0.4) is 0 Å². The molecule has 0 bridgehead atoms. The summed E-state index contributed by atoms with van der Waals surface area (Å²) in [6.45, 7) is 7.27. The lowest BCUT2D eigenvalue weighted by atomic mass is 10.0. The van der Waals surface area contributed by atoms with E-state index in [0.717, 1.165) is 25.3 Å². The average molecular weight is 250 g/mol. The van der Waals surface area contributed by atoms with Gasteiger partial charge in [-0.3, -0.25) is 9.58 Å². The maximum atomic E-state index is 5.90. The smallest absolute Gasteiger partial charge is 0.0638 e. The molecule has 1 aliphatic carbocycles. The van der Waals surface area contributed by atoms with Gasteiger partial charge in [0.2, 0.25) is 0 Å². The van der Waals surface area contributed by atoms with Gasteiger partial charge in [0.05, 0.1) is 5.69 Å². The van der Waals surface area contributed by atoms with Crippen LogP contribution in [-0.2, 0) is 13.6 Å². The summed E-state index contributed by atoms with van der Waals surface area (Å²) in [6.07, 6.45) is 6.07. The highest BCUT2D eigenvalue weighted by Crippen LogP contribution is 2.30.